The standard InChI is InChI=1S/C18H29NO/c1-17(2,3)13-16(15-9-6-5-7-10-15)19-14-18(4)11-8-12-20-18/h5-7,9-10,16,19H,8,11-14H2,1-4H3. The molecule has 0 radical (unpaired) electrons. The molecule has 0 bridgehead atoms. The van der Waals surface area contributed by atoms with Crippen molar-refractivity contribution in [3.05, 3.63) is 35.9 Å². The first-order chi connectivity index (χ1) is 9.38. The van der Waals surface area contributed by atoms with Gasteiger partial charge >= 0.3 is 0 Å². The number of benzene rings is 1. The van der Waals surface area contributed by atoms with Crippen molar-refractivity contribution in [1.29, 1.82) is 0 Å². The summed E-state index contributed by atoms with van der Waals surface area (Å²) in [5.74, 6) is 0. The van der Waals surface area contributed by atoms with Crippen molar-refractivity contribution in [3.8, 4) is 0 Å². The van der Waals surface area contributed by atoms with Gasteiger partial charge in [0.15, 0.2) is 0 Å². The van der Waals surface area contributed by atoms with Crippen LogP contribution in [0.4, 0.5) is 0 Å². The zero-order valence-electron chi connectivity index (χ0n) is 13.4. The highest BCUT2D eigenvalue weighted by molar-refractivity contribution is 5.19. The van der Waals surface area contributed by atoms with Gasteiger partial charge in [-0.05, 0) is 37.2 Å². The van der Waals surface area contributed by atoms with E-state index in [0.717, 1.165) is 26.0 Å². The molecular weight excluding hydrogens is 246 g/mol. The van der Waals surface area contributed by atoms with Crippen LogP contribution in [0.2, 0.25) is 0 Å². The van der Waals surface area contributed by atoms with E-state index in [1.54, 1.807) is 0 Å². The fraction of sp³-hybridized carbons (Fsp3) is 0.667. The van der Waals surface area contributed by atoms with Crippen molar-refractivity contribution >= 4 is 0 Å². The molecule has 0 amide bonds. The van der Waals surface area contributed by atoms with E-state index in [9.17, 15) is 0 Å². The molecule has 20 heavy (non-hydrogen) atoms. The topological polar surface area (TPSA) is 21.3 Å². The number of ether oxygens (including phenoxy) is 1. The Morgan fingerprint density at radius 1 is 1.25 bits per heavy atom. The molecule has 0 aromatic heterocycles. The van der Waals surface area contributed by atoms with E-state index in [1.807, 2.05) is 0 Å². The Kier molecular flexibility index (Phi) is 4.87. The summed E-state index contributed by atoms with van der Waals surface area (Å²) in [5, 5.41) is 3.75. The summed E-state index contributed by atoms with van der Waals surface area (Å²) in [5.41, 5.74) is 1.71. The lowest BCUT2D eigenvalue weighted by atomic mass is 9.85. The minimum absolute atomic E-state index is 0.0188. The molecule has 1 heterocycles. The van der Waals surface area contributed by atoms with E-state index in [0.29, 0.717) is 11.5 Å². The normalized spacial score (nSPS) is 24.8. The molecular formula is C18H29NO. The fourth-order valence-electron chi connectivity index (χ4n) is 2.92. The van der Waals surface area contributed by atoms with Gasteiger partial charge in [0.05, 0.1) is 5.60 Å². The maximum absolute atomic E-state index is 5.89. The Balaban J connectivity index is 2.03. The Labute approximate surface area is 123 Å². The van der Waals surface area contributed by atoms with E-state index in [-0.39, 0.29) is 5.60 Å². The van der Waals surface area contributed by atoms with Crippen molar-refractivity contribution in [2.45, 2.75) is 58.6 Å². The fourth-order valence-corrected chi connectivity index (χ4v) is 2.92. The van der Waals surface area contributed by atoms with Gasteiger partial charge in [-0.25, -0.2) is 0 Å². The minimum atomic E-state index is 0.0188. The Hall–Kier alpha value is -0.860. The van der Waals surface area contributed by atoms with Crippen LogP contribution >= 0.6 is 0 Å². The van der Waals surface area contributed by atoms with Gasteiger partial charge in [0.2, 0.25) is 0 Å². The van der Waals surface area contributed by atoms with E-state index >= 15 is 0 Å². The van der Waals surface area contributed by atoms with Crippen LogP contribution in [-0.4, -0.2) is 18.8 Å². The molecule has 1 N–H and O–H groups in total. The highest BCUT2D eigenvalue weighted by atomic mass is 16.5. The van der Waals surface area contributed by atoms with Crippen molar-refractivity contribution in [2.24, 2.45) is 5.41 Å². The highest BCUT2D eigenvalue weighted by Gasteiger charge is 2.31. The van der Waals surface area contributed by atoms with E-state index in [1.165, 1.54) is 12.0 Å². The average Bonchev–Trinajstić information content (AvgIpc) is 2.82. The molecule has 1 saturated heterocycles. The molecule has 0 aliphatic carbocycles. The average molecular weight is 275 g/mol. The molecule has 2 atom stereocenters. The minimum Gasteiger partial charge on any atom is -0.374 e. The largest absolute Gasteiger partial charge is 0.374 e. The third kappa shape index (κ3) is 4.60. The smallest absolute Gasteiger partial charge is 0.0779 e. The molecule has 2 rings (SSSR count). The summed E-state index contributed by atoms with van der Waals surface area (Å²) in [6.07, 6.45) is 3.48. The number of hydrogen-bond donors (Lipinski definition) is 1. The summed E-state index contributed by atoms with van der Waals surface area (Å²) < 4.78 is 5.89. The van der Waals surface area contributed by atoms with Gasteiger partial charge in [-0.1, -0.05) is 51.1 Å². The van der Waals surface area contributed by atoms with Crippen LogP contribution in [0.15, 0.2) is 30.3 Å². The van der Waals surface area contributed by atoms with Crippen LogP contribution < -0.4 is 5.32 Å². The molecule has 0 saturated carbocycles. The molecule has 2 heteroatoms. The van der Waals surface area contributed by atoms with Gasteiger partial charge in [-0.15, -0.1) is 0 Å². The van der Waals surface area contributed by atoms with Crippen LogP contribution in [0.25, 0.3) is 0 Å². The third-order valence-electron chi connectivity index (χ3n) is 4.04. The molecule has 1 aromatic carbocycles. The lowest BCUT2D eigenvalue weighted by Gasteiger charge is -2.31. The second-order valence-corrected chi connectivity index (χ2v) is 7.51. The number of hydrogen-bond acceptors (Lipinski definition) is 2. The molecule has 112 valence electrons. The second-order valence-electron chi connectivity index (χ2n) is 7.51. The van der Waals surface area contributed by atoms with Crippen LogP contribution in [0.5, 0.6) is 0 Å². The molecule has 1 aromatic rings. The van der Waals surface area contributed by atoms with E-state index < -0.39 is 0 Å². The monoisotopic (exact) mass is 275 g/mol. The third-order valence-corrected chi connectivity index (χ3v) is 4.04. The van der Waals surface area contributed by atoms with Gasteiger partial charge in [-0.2, -0.15) is 0 Å². The summed E-state index contributed by atoms with van der Waals surface area (Å²) in [6, 6.07) is 11.2. The van der Waals surface area contributed by atoms with Gasteiger partial charge < -0.3 is 10.1 Å². The zero-order chi connectivity index (χ0) is 14.6. The van der Waals surface area contributed by atoms with Crippen LogP contribution in [0, 0.1) is 5.41 Å². The van der Waals surface area contributed by atoms with Gasteiger partial charge in [0, 0.05) is 19.2 Å². The van der Waals surface area contributed by atoms with Crippen molar-refractivity contribution in [3.63, 3.8) is 0 Å². The maximum Gasteiger partial charge on any atom is 0.0779 e. The van der Waals surface area contributed by atoms with Crippen LogP contribution in [0.3, 0.4) is 0 Å². The SMILES string of the molecule is CC(C)(C)CC(NCC1(C)CCCO1)c1ccccc1. The molecule has 1 aliphatic rings. The lowest BCUT2D eigenvalue weighted by molar-refractivity contribution is 0.0176. The number of rotatable bonds is 5. The highest BCUT2D eigenvalue weighted by Crippen LogP contribution is 2.31. The van der Waals surface area contributed by atoms with Crippen LogP contribution in [-0.2, 0) is 4.74 Å². The van der Waals surface area contributed by atoms with Crippen molar-refractivity contribution < 1.29 is 4.74 Å². The Bertz CT molecular complexity index is 401. The summed E-state index contributed by atoms with van der Waals surface area (Å²) >= 11 is 0. The first-order valence-corrected chi connectivity index (χ1v) is 7.80. The molecule has 1 fully saturated rings. The quantitative estimate of drug-likeness (QED) is 0.864. The predicted molar refractivity (Wildman–Crippen MR) is 84.8 cm³/mol. The van der Waals surface area contributed by atoms with Gasteiger partial charge in [0.25, 0.3) is 0 Å². The summed E-state index contributed by atoms with van der Waals surface area (Å²) in [4.78, 5) is 0. The molecule has 1 aliphatic heterocycles. The van der Waals surface area contributed by atoms with Crippen LogP contribution in [0.1, 0.15) is 58.6 Å². The first kappa shape index (κ1) is 15.5. The first-order valence-electron chi connectivity index (χ1n) is 7.80. The molecule has 2 unspecified atom stereocenters. The predicted octanol–water partition coefficient (Wildman–Crippen LogP) is 4.32. The Morgan fingerprint density at radius 2 is 1.95 bits per heavy atom. The second kappa shape index (κ2) is 6.28. The zero-order valence-corrected chi connectivity index (χ0v) is 13.4. The van der Waals surface area contributed by atoms with Crippen molar-refractivity contribution in [1.82, 2.24) is 5.32 Å². The Morgan fingerprint density at radius 3 is 2.50 bits per heavy atom. The van der Waals surface area contributed by atoms with Gasteiger partial charge in [0.1, 0.15) is 0 Å². The van der Waals surface area contributed by atoms with E-state index in [4.69, 9.17) is 4.74 Å². The summed E-state index contributed by atoms with van der Waals surface area (Å²) in [6.45, 7) is 11.0. The lowest BCUT2D eigenvalue weighted by Crippen LogP contribution is -2.39. The maximum atomic E-state index is 5.89. The van der Waals surface area contributed by atoms with Crippen molar-refractivity contribution in [2.75, 3.05) is 13.2 Å². The molecule has 2 nitrogen and oxygen atoms in total. The van der Waals surface area contributed by atoms with Gasteiger partial charge in [-0.3, -0.25) is 0 Å². The summed E-state index contributed by atoms with van der Waals surface area (Å²) in [7, 11) is 0. The number of nitrogens with one attached hydrogen (secondary N) is 1. The molecule has 0 spiro atoms. The van der Waals surface area contributed by atoms with E-state index in [2.05, 4.69) is 63.3 Å².